The molecule has 0 saturated carbocycles. The van der Waals surface area contributed by atoms with Crippen LogP contribution in [0.3, 0.4) is 0 Å². The third-order valence-electron chi connectivity index (χ3n) is 4.68. The number of nitrogen functional groups attached to an aromatic ring is 1. The molecule has 0 radical (unpaired) electrons. The fraction of sp³-hybridized carbons (Fsp3) is 0.130. The lowest BCUT2D eigenvalue weighted by Gasteiger charge is -2.16. The van der Waals surface area contributed by atoms with E-state index in [1.165, 1.54) is 19.2 Å². The van der Waals surface area contributed by atoms with Crippen molar-refractivity contribution in [1.82, 2.24) is 10.3 Å². The molecule has 3 aromatic rings. The Morgan fingerprint density at radius 2 is 1.85 bits per heavy atom. The van der Waals surface area contributed by atoms with Gasteiger partial charge < -0.3 is 25.5 Å². The first-order valence-corrected chi connectivity index (χ1v) is 10.4. The maximum absolute atomic E-state index is 12.2. The number of halogens is 1. The number of H-pyrrole nitrogens is 1. The highest BCUT2D eigenvalue weighted by atomic mass is 79.9. The smallest absolute Gasteiger partial charge is 0.268 e. The normalized spacial score (nSPS) is 10.1. The number of pyridine rings is 1. The van der Waals surface area contributed by atoms with Crippen LogP contribution in [0, 0.1) is 22.7 Å². The van der Waals surface area contributed by atoms with Crippen molar-refractivity contribution in [3.8, 4) is 34.8 Å². The van der Waals surface area contributed by atoms with Crippen molar-refractivity contribution in [1.29, 1.82) is 10.5 Å². The number of aromatic amines is 1. The molecule has 0 spiro atoms. The molecule has 2 aromatic carbocycles. The monoisotopic (exact) mass is 507 g/mol. The number of nitrogens with one attached hydrogen (secondary N) is 2. The highest BCUT2D eigenvalue weighted by molar-refractivity contribution is 9.10. The van der Waals surface area contributed by atoms with E-state index in [1.54, 1.807) is 0 Å². The fourth-order valence-electron chi connectivity index (χ4n) is 3.10. The summed E-state index contributed by atoms with van der Waals surface area (Å²) in [6, 6.07) is 16.2. The molecule has 33 heavy (non-hydrogen) atoms. The minimum Gasteiger partial charge on any atom is -0.493 e. The van der Waals surface area contributed by atoms with E-state index in [9.17, 15) is 20.1 Å². The molecule has 166 valence electrons. The van der Waals surface area contributed by atoms with Gasteiger partial charge in [0.2, 0.25) is 0 Å². The number of benzene rings is 2. The number of aromatic nitrogens is 1. The maximum Gasteiger partial charge on any atom is 0.268 e. The molecule has 0 aliphatic heterocycles. The average molecular weight is 508 g/mol. The third kappa shape index (κ3) is 5.14. The second-order valence-corrected chi connectivity index (χ2v) is 7.60. The van der Waals surface area contributed by atoms with Crippen LogP contribution in [0.4, 0.5) is 5.82 Å². The summed E-state index contributed by atoms with van der Waals surface area (Å²) in [5.41, 5.74) is 6.11. The van der Waals surface area contributed by atoms with Gasteiger partial charge in [0.15, 0.2) is 18.1 Å². The Labute approximate surface area is 197 Å². The van der Waals surface area contributed by atoms with Crippen molar-refractivity contribution in [2.45, 2.75) is 6.54 Å². The lowest BCUT2D eigenvalue weighted by Crippen LogP contribution is -2.28. The van der Waals surface area contributed by atoms with Gasteiger partial charge in [0, 0.05) is 22.1 Å². The summed E-state index contributed by atoms with van der Waals surface area (Å²) in [6.45, 7) is 0.0977. The predicted molar refractivity (Wildman–Crippen MR) is 124 cm³/mol. The quantitative estimate of drug-likeness (QED) is 0.443. The van der Waals surface area contributed by atoms with Crippen LogP contribution in [-0.2, 0) is 11.3 Å². The number of nitrogens with two attached hydrogens (primary N) is 1. The number of carbonyl (C=O) groups excluding carboxylic acids is 1. The van der Waals surface area contributed by atoms with Gasteiger partial charge in [-0.1, -0.05) is 46.3 Å². The van der Waals surface area contributed by atoms with Gasteiger partial charge in [0.05, 0.1) is 7.11 Å². The highest BCUT2D eigenvalue weighted by Gasteiger charge is 2.22. The van der Waals surface area contributed by atoms with E-state index in [2.05, 4.69) is 26.2 Å². The largest absolute Gasteiger partial charge is 0.493 e. The second-order valence-electron chi connectivity index (χ2n) is 6.75. The zero-order chi connectivity index (χ0) is 24.0. The van der Waals surface area contributed by atoms with Crippen molar-refractivity contribution in [2.75, 3.05) is 19.5 Å². The fourth-order valence-corrected chi connectivity index (χ4v) is 3.62. The number of nitriles is 2. The molecular formula is C23H18BrN5O4. The summed E-state index contributed by atoms with van der Waals surface area (Å²) < 4.78 is 11.4. The maximum atomic E-state index is 12.2. The molecule has 1 aromatic heterocycles. The Hall–Kier alpha value is -4.28. The van der Waals surface area contributed by atoms with E-state index in [1.807, 2.05) is 42.5 Å². The minimum atomic E-state index is -0.717. The molecule has 0 aliphatic carbocycles. The van der Waals surface area contributed by atoms with E-state index >= 15 is 0 Å². The van der Waals surface area contributed by atoms with Crippen molar-refractivity contribution >= 4 is 27.7 Å². The molecule has 0 fully saturated rings. The Morgan fingerprint density at radius 3 is 2.48 bits per heavy atom. The van der Waals surface area contributed by atoms with Gasteiger partial charge in [-0.3, -0.25) is 9.59 Å². The summed E-state index contributed by atoms with van der Waals surface area (Å²) >= 11 is 3.38. The third-order valence-corrected chi connectivity index (χ3v) is 5.34. The average Bonchev–Trinajstić information content (AvgIpc) is 2.81. The Bertz CT molecular complexity index is 1340. The number of methoxy groups -OCH3 is 1. The molecule has 10 heteroatoms. The van der Waals surface area contributed by atoms with Crippen LogP contribution >= 0.6 is 15.9 Å². The predicted octanol–water partition coefficient (Wildman–Crippen LogP) is 2.83. The zero-order valence-corrected chi connectivity index (χ0v) is 19.0. The molecule has 0 aliphatic rings. The zero-order valence-electron chi connectivity index (χ0n) is 17.4. The van der Waals surface area contributed by atoms with Crippen molar-refractivity contribution in [3.63, 3.8) is 0 Å². The molecule has 4 N–H and O–H groups in total. The minimum absolute atomic E-state index is 0.0529. The van der Waals surface area contributed by atoms with Crippen molar-refractivity contribution in [3.05, 3.63) is 74.0 Å². The molecule has 0 atom stereocenters. The van der Waals surface area contributed by atoms with Crippen molar-refractivity contribution in [2.24, 2.45) is 0 Å². The lowest BCUT2D eigenvalue weighted by molar-refractivity contribution is -0.123. The number of carbonyl (C=O) groups is 1. The summed E-state index contributed by atoms with van der Waals surface area (Å²) in [4.78, 5) is 26.7. The lowest BCUT2D eigenvalue weighted by atomic mass is 9.96. The number of hydrogen-bond donors (Lipinski definition) is 3. The molecule has 0 unspecified atom stereocenters. The van der Waals surface area contributed by atoms with E-state index in [4.69, 9.17) is 15.2 Å². The number of hydrogen-bond acceptors (Lipinski definition) is 7. The Morgan fingerprint density at radius 1 is 1.15 bits per heavy atom. The molecule has 3 rings (SSSR count). The van der Waals surface area contributed by atoms with Gasteiger partial charge >= 0.3 is 0 Å². The van der Waals surface area contributed by atoms with Gasteiger partial charge in [0.1, 0.15) is 29.1 Å². The van der Waals surface area contributed by atoms with Gasteiger partial charge in [-0.2, -0.15) is 10.5 Å². The first-order valence-electron chi connectivity index (χ1n) is 9.56. The van der Waals surface area contributed by atoms with Crippen LogP contribution in [0.15, 0.2) is 51.7 Å². The molecule has 0 bridgehead atoms. The van der Waals surface area contributed by atoms with Crippen LogP contribution in [0.2, 0.25) is 0 Å². The van der Waals surface area contributed by atoms with E-state index in [-0.39, 0.29) is 46.5 Å². The highest BCUT2D eigenvalue weighted by Crippen LogP contribution is 2.41. The van der Waals surface area contributed by atoms with Gasteiger partial charge in [-0.25, -0.2) is 0 Å². The standard InChI is InChI=1S/C23H18BrN5O4/c1-32-18-7-14(21-15(9-25)22(27)29-23(31)16(21)10-26)17(24)8-19(18)33-12-20(30)28-11-13-5-3-2-4-6-13/h2-8H,11-12H2,1H3,(H,28,30)(H3,27,29,31). The summed E-state index contributed by atoms with van der Waals surface area (Å²) in [5, 5.41) is 21.8. The second kappa shape index (κ2) is 10.4. The number of amides is 1. The van der Waals surface area contributed by atoms with Crippen LogP contribution in [0.1, 0.15) is 16.7 Å². The van der Waals surface area contributed by atoms with Crippen LogP contribution < -0.4 is 26.1 Å². The van der Waals surface area contributed by atoms with Crippen molar-refractivity contribution < 1.29 is 14.3 Å². The summed E-state index contributed by atoms with van der Waals surface area (Å²) in [6.07, 6.45) is 0. The number of nitrogens with zero attached hydrogens (tertiary/aromatic N) is 2. The van der Waals surface area contributed by atoms with Crippen LogP contribution in [0.25, 0.3) is 11.1 Å². The Balaban J connectivity index is 1.89. The molecule has 1 heterocycles. The van der Waals surface area contributed by atoms with Gasteiger partial charge in [0.25, 0.3) is 11.5 Å². The molecular weight excluding hydrogens is 490 g/mol. The molecule has 1 amide bonds. The summed E-state index contributed by atoms with van der Waals surface area (Å²) in [7, 11) is 1.40. The number of ether oxygens (including phenoxy) is 2. The number of rotatable bonds is 7. The molecule has 0 saturated heterocycles. The van der Waals surface area contributed by atoms with Gasteiger partial charge in [-0.05, 0) is 17.7 Å². The first kappa shape index (κ1) is 23.4. The molecule has 9 nitrogen and oxygen atoms in total. The Kier molecular flexibility index (Phi) is 7.34. The van der Waals surface area contributed by atoms with Crippen LogP contribution in [0.5, 0.6) is 11.5 Å². The van der Waals surface area contributed by atoms with Crippen LogP contribution in [-0.4, -0.2) is 24.6 Å². The topological polar surface area (TPSA) is 154 Å². The van der Waals surface area contributed by atoms with E-state index in [0.29, 0.717) is 16.6 Å². The first-order chi connectivity index (χ1) is 15.9. The van der Waals surface area contributed by atoms with E-state index in [0.717, 1.165) is 5.56 Å². The SMILES string of the molecule is COc1cc(-c2c(C#N)c(N)[nH]c(=O)c2C#N)c(Br)cc1OCC(=O)NCc1ccccc1. The number of anilines is 1. The summed E-state index contributed by atoms with van der Waals surface area (Å²) in [5.74, 6) is -0.00621. The van der Waals surface area contributed by atoms with Gasteiger partial charge in [-0.15, -0.1) is 0 Å². The van der Waals surface area contributed by atoms with E-state index < -0.39 is 5.56 Å².